The van der Waals surface area contributed by atoms with Crippen molar-refractivity contribution in [3.63, 3.8) is 0 Å². The number of carbonyl (C=O) groups is 1. The van der Waals surface area contributed by atoms with Crippen molar-refractivity contribution < 1.29 is 14.3 Å². The van der Waals surface area contributed by atoms with Gasteiger partial charge in [-0.1, -0.05) is 19.8 Å². The minimum Gasteiger partial charge on any atom is -0.468 e. The number of carbonyl (C=O) groups excluding carboxylic acids is 1. The third kappa shape index (κ3) is 5.04. The standard InChI is InChI=1S/C13H25NO3/c1-4-8-14-13(2,12(15)16-3)10-17-9-7-11-5-6-11/h11,14H,4-10H2,1-3H3. The van der Waals surface area contributed by atoms with Gasteiger partial charge in [-0.15, -0.1) is 0 Å². The van der Waals surface area contributed by atoms with Crippen LogP contribution in [0.3, 0.4) is 0 Å². The largest absolute Gasteiger partial charge is 0.468 e. The van der Waals surface area contributed by atoms with E-state index in [-0.39, 0.29) is 5.97 Å². The van der Waals surface area contributed by atoms with Crippen LogP contribution in [0, 0.1) is 5.92 Å². The van der Waals surface area contributed by atoms with Gasteiger partial charge < -0.3 is 14.8 Å². The SMILES string of the molecule is CCCNC(C)(COCCC1CC1)C(=O)OC. The minimum atomic E-state index is -0.714. The molecule has 17 heavy (non-hydrogen) atoms. The fourth-order valence-electron chi connectivity index (χ4n) is 1.74. The minimum absolute atomic E-state index is 0.252. The van der Waals surface area contributed by atoms with Crippen LogP contribution in [-0.4, -0.2) is 38.4 Å². The second-order valence-corrected chi connectivity index (χ2v) is 5.04. The van der Waals surface area contributed by atoms with Gasteiger partial charge in [0.2, 0.25) is 0 Å². The molecule has 1 aliphatic carbocycles. The van der Waals surface area contributed by atoms with Crippen molar-refractivity contribution in [2.75, 3.05) is 26.9 Å². The highest BCUT2D eigenvalue weighted by atomic mass is 16.5. The highest BCUT2D eigenvalue weighted by Gasteiger charge is 2.34. The molecule has 0 aromatic carbocycles. The summed E-state index contributed by atoms with van der Waals surface area (Å²) < 4.78 is 10.4. The topological polar surface area (TPSA) is 47.6 Å². The molecule has 4 nitrogen and oxygen atoms in total. The van der Waals surface area contributed by atoms with E-state index >= 15 is 0 Å². The van der Waals surface area contributed by atoms with Crippen molar-refractivity contribution in [3.05, 3.63) is 0 Å². The number of rotatable bonds is 9. The predicted molar refractivity (Wildman–Crippen MR) is 66.9 cm³/mol. The van der Waals surface area contributed by atoms with Gasteiger partial charge in [-0.3, -0.25) is 0 Å². The Balaban J connectivity index is 2.29. The average Bonchev–Trinajstić information content (AvgIpc) is 3.15. The summed E-state index contributed by atoms with van der Waals surface area (Å²) in [6, 6.07) is 0. The van der Waals surface area contributed by atoms with E-state index in [4.69, 9.17) is 9.47 Å². The monoisotopic (exact) mass is 243 g/mol. The average molecular weight is 243 g/mol. The zero-order chi connectivity index (χ0) is 12.7. The van der Waals surface area contributed by atoms with Crippen LogP contribution in [-0.2, 0) is 14.3 Å². The first-order valence-corrected chi connectivity index (χ1v) is 6.53. The Morgan fingerprint density at radius 2 is 2.18 bits per heavy atom. The number of nitrogens with one attached hydrogen (secondary N) is 1. The van der Waals surface area contributed by atoms with Gasteiger partial charge >= 0.3 is 5.97 Å². The van der Waals surface area contributed by atoms with Gasteiger partial charge in [0.1, 0.15) is 5.54 Å². The molecule has 0 heterocycles. The molecule has 1 fully saturated rings. The maximum absolute atomic E-state index is 11.7. The number of methoxy groups -OCH3 is 1. The second-order valence-electron chi connectivity index (χ2n) is 5.04. The molecular formula is C13H25NO3. The first-order valence-electron chi connectivity index (χ1n) is 6.53. The van der Waals surface area contributed by atoms with E-state index in [1.54, 1.807) is 0 Å². The van der Waals surface area contributed by atoms with Gasteiger partial charge in [0.05, 0.1) is 13.7 Å². The van der Waals surface area contributed by atoms with Crippen LogP contribution in [0.25, 0.3) is 0 Å². The first kappa shape index (κ1) is 14.5. The molecule has 1 unspecified atom stereocenters. The summed E-state index contributed by atoms with van der Waals surface area (Å²) in [5.41, 5.74) is -0.714. The van der Waals surface area contributed by atoms with Crippen LogP contribution in [0.2, 0.25) is 0 Å². The lowest BCUT2D eigenvalue weighted by Crippen LogP contribution is -2.54. The Hall–Kier alpha value is -0.610. The molecule has 0 aromatic rings. The zero-order valence-electron chi connectivity index (χ0n) is 11.3. The van der Waals surface area contributed by atoms with Crippen LogP contribution < -0.4 is 5.32 Å². The van der Waals surface area contributed by atoms with Crippen LogP contribution in [0.5, 0.6) is 0 Å². The first-order chi connectivity index (χ1) is 8.12. The lowest BCUT2D eigenvalue weighted by molar-refractivity contribution is -0.150. The maximum atomic E-state index is 11.7. The van der Waals surface area contributed by atoms with Crippen LogP contribution in [0.15, 0.2) is 0 Å². The van der Waals surface area contributed by atoms with Gasteiger partial charge in [-0.2, -0.15) is 0 Å². The molecule has 0 amide bonds. The van der Waals surface area contributed by atoms with Crippen LogP contribution in [0.1, 0.15) is 39.5 Å². The quantitative estimate of drug-likeness (QED) is 0.495. The molecule has 0 spiro atoms. The van der Waals surface area contributed by atoms with Gasteiger partial charge in [0.15, 0.2) is 0 Å². The number of hydrogen-bond acceptors (Lipinski definition) is 4. The fraction of sp³-hybridized carbons (Fsp3) is 0.923. The molecular weight excluding hydrogens is 218 g/mol. The summed E-state index contributed by atoms with van der Waals surface area (Å²) >= 11 is 0. The molecule has 0 radical (unpaired) electrons. The summed E-state index contributed by atoms with van der Waals surface area (Å²) in [4.78, 5) is 11.7. The van der Waals surface area contributed by atoms with E-state index in [2.05, 4.69) is 12.2 Å². The van der Waals surface area contributed by atoms with Crippen molar-refractivity contribution in [1.29, 1.82) is 0 Å². The Labute approximate surface area is 104 Å². The molecule has 100 valence electrons. The highest BCUT2D eigenvalue weighted by Crippen LogP contribution is 2.32. The van der Waals surface area contributed by atoms with Crippen molar-refractivity contribution in [3.8, 4) is 0 Å². The van der Waals surface area contributed by atoms with Gasteiger partial charge in [0.25, 0.3) is 0 Å². The normalized spacial score (nSPS) is 18.8. The molecule has 0 aliphatic heterocycles. The maximum Gasteiger partial charge on any atom is 0.328 e. The van der Waals surface area contributed by atoms with Crippen LogP contribution >= 0.6 is 0 Å². The summed E-state index contributed by atoms with van der Waals surface area (Å²) in [6.07, 6.45) is 4.77. The Morgan fingerprint density at radius 3 is 2.71 bits per heavy atom. The molecule has 1 saturated carbocycles. The van der Waals surface area contributed by atoms with E-state index < -0.39 is 5.54 Å². The summed E-state index contributed by atoms with van der Waals surface area (Å²) in [5, 5.41) is 3.20. The van der Waals surface area contributed by atoms with Crippen molar-refractivity contribution in [1.82, 2.24) is 5.32 Å². The van der Waals surface area contributed by atoms with Crippen molar-refractivity contribution in [2.24, 2.45) is 5.92 Å². The summed E-state index contributed by atoms with van der Waals surface area (Å²) in [7, 11) is 1.42. The van der Waals surface area contributed by atoms with E-state index in [0.717, 1.165) is 31.9 Å². The van der Waals surface area contributed by atoms with E-state index in [1.807, 2.05) is 6.92 Å². The molecule has 1 aliphatic rings. The van der Waals surface area contributed by atoms with Gasteiger partial charge in [-0.25, -0.2) is 4.79 Å². The smallest absolute Gasteiger partial charge is 0.328 e. The third-order valence-corrected chi connectivity index (χ3v) is 3.16. The van der Waals surface area contributed by atoms with E-state index in [0.29, 0.717) is 6.61 Å². The molecule has 4 heteroatoms. The second kappa shape index (κ2) is 6.97. The Morgan fingerprint density at radius 1 is 1.47 bits per heavy atom. The lowest BCUT2D eigenvalue weighted by Gasteiger charge is -2.27. The molecule has 1 rings (SSSR count). The molecule has 1 atom stereocenters. The lowest BCUT2D eigenvalue weighted by atomic mass is 10.0. The highest BCUT2D eigenvalue weighted by molar-refractivity contribution is 5.80. The molecule has 0 saturated heterocycles. The zero-order valence-corrected chi connectivity index (χ0v) is 11.3. The molecule has 0 bridgehead atoms. The fourth-order valence-corrected chi connectivity index (χ4v) is 1.74. The van der Waals surface area contributed by atoms with E-state index in [9.17, 15) is 4.79 Å². The van der Waals surface area contributed by atoms with Crippen LogP contribution in [0.4, 0.5) is 0 Å². The van der Waals surface area contributed by atoms with Gasteiger partial charge in [-0.05, 0) is 32.2 Å². The molecule has 1 N–H and O–H groups in total. The third-order valence-electron chi connectivity index (χ3n) is 3.16. The summed E-state index contributed by atoms with van der Waals surface area (Å²) in [5.74, 6) is 0.611. The predicted octanol–water partition coefficient (Wildman–Crippen LogP) is 1.73. The Bertz CT molecular complexity index is 241. The number of ether oxygens (including phenoxy) is 2. The van der Waals surface area contributed by atoms with Crippen molar-refractivity contribution in [2.45, 2.75) is 45.1 Å². The number of esters is 1. The molecule has 0 aromatic heterocycles. The summed E-state index contributed by atoms with van der Waals surface area (Å²) in [6.45, 7) is 5.82. The Kier molecular flexibility index (Phi) is 5.92. The van der Waals surface area contributed by atoms with Gasteiger partial charge in [0, 0.05) is 6.61 Å². The number of hydrogen-bond donors (Lipinski definition) is 1. The van der Waals surface area contributed by atoms with Crippen molar-refractivity contribution >= 4 is 5.97 Å². The van der Waals surface area contributed by atoms with E-state index in [1.165, 1.54) is 20.0 Å².